The second kappa shape index (κ2) is 11.1. The fourth-order valence-corrected chi connectivity index (χ4v) is 5.53. The lowest BCUT2D eigenvalue weighted by atomic mass is 10.0. The fraction of sp³-hybridized carbons (Fsp3) is 0.344. The average Bonchev–Trinajstić information content (AvgIpc) is 3.63. The van der Waals surface area contributed by atoms with Gasteiger partial charge in [0.1, 0.15) is 29.6 Å². The van der Waals surface area contributed by atoms with Gasteiger partial charge in [-0.15, -0.1) is 0 Å². The Kier molecular flexibility index (Phi) is 7.33. The van der Waals surface area contributed by atoms with E-state index < -0.39 is 11.4 Å². The van der Waals surface area contributed by atoms with Crippen molar-refractivity contribution in [1.29, 1.82) is 0 Å². The molecule has 0 aliphatic carbocycles. The maximum atomic E-state index is 15.6. The van der Waals surface area contributed by atoms with E-state index >= 15 is 4.39 Å². The van der Waals surface area contributed by atoms with Crippen molar-refractivity contribution in [2.45, 2.75) is 58.3 Å². The molecule has 0 radical (unpaired) electrons. The number of amides is 1. The van der Waals surface area contributed by atoms with Crippen LogP contribution < -0.4 is 10.1 Å². The van der Waals surface area contributed by atoms with Crippen LogP contribution in [0.5, 0.6) is 5.75 Å². The molecule has 0 unspecified atom stereocenters. The number of rotatable bonds is 6. The highest BCUT2D eigenvalue weighted by atomic mass is 19.1. The molecule has 5 aromatic rings. The maximum Gasteiger partial charge on any atom is 0.410 e. The number of aryl methyl sites for hydroxylation is 1. The normalized spacial score (nSPS) is 16.0. The lowest BCUT2D eigenvalue weighted by Gasteiger charge is -2.32. The largest absolute Gasteiger partial charge is 0.488 e. The molecule has 1 aliphatic rings. The fourth-order valence-electron chi connectivity index (χ4n) is 5.53. The van der Waals surface area contributed by atoms with Gasteiger partial charge in [-0.2, -0.15) is 5.10 Å². The van der Waals surface area contributed by atoms with Gasteiger partial charge in [0.05, 0.1) is 34.3 Å². The molecular formula is C32H34FN7O3. The molecule has 2 aromatic carbocycles. The third-order valence-corrected chi connectivity index (χ3v) is 7.49. The summed E-state index contributed by atoms with van der Waals surface area (Å²) < 4.78 is 29.6. The Morgan fingerprint density at radius 2 is 1.95 bits per heavy atom. The second-order valence-electron chi connectivity index (χ2n) is 11.8. The van der Waals surface area contributed by atoms with Crippen molar-refractivity contribution in [1.82, 2.24) is 29.6 Å². The van der Waals surface area contributed by atoms with E-state index in [1.807, 2.05) is 53.1 Å². The molecule has 1 fully saturated rings. The molecule has 4 heterocycles. The van der Waals surface area contributed by atoms with Crippen molar-refractivity contribution >= 4 is 39.4 Å². The zero-order valence-corrected chi connectivity index (χ0v) is 24.8. The van der Waals surface area contributed by atoms with Crippen LogP contribution in [0.15, 0.2) is 61.3 Å². The van der Waals surface area contributed by atoms with E-state index in [-0.39, 0.29) is 23.9 Å². The van der Waals surface area contributed by atoms with Crippen LogP contribution >= 0.6 is 0 Å². The first-order chi connectivity index (χ1) is 20.6. The van der Waals surface area contributed by atoms with Crippen molar-refractivity contribution in [2.75, 3.05) is 11.9 Å². The van der Waals surface area contributed by atoms with E-state index in [0.717, 1.165) is 24.0 Å². The van der Waals surface area contributed by atoms with Gasteiger partial charge in [-0.1, -0.05) is 0 Å². The van der Waals surface area contributed by atoms with Gasteiger partial charge in [0.15, 0.2) is 5.82 Å². The molecular weight excluding hydrogens is 549 g/mol. The minimum absolute atomic E-state index is 0.196. The summed E-state index contributed by atoms with van der Waals surface area (Å²) in [6.07, 6.45) is 7.63. The van der Waals surface area contributed by atoms with Gasteiger partial charge in [-0.3, -0.25) is 9.67 Å². The van der Waals surface area contributed by atoms with E-state index in [1.165, 1.54) is 6.33 Å². The maximum absolute atomic E-state index is 15.6. The highest BCUT2D eigenvalue weighted by Crippen LogP contribution is 2.38. The molecule has 0 bridgehead atoms. The quantitative estimate of drug-likeness (QED) is 0.237. The Hall–Kier alpha value is -4.80. The number of hydrogen-bond acceptors (Lipinski definition) is 8. The van der Waals surface area contributed by atoms with Crippen molar-refractivity contribution in [2.24, 2.45) is 7.05 Å². The first-order valence-corrected chi connectivity index (χ1v) is 14.3. The van der Waals surface area contributed by atoms with Gasteiger partial charge < -0.3 is 19.7 Å². The predicted octanol–water partition coefficient (Wildman–Crippen LogP) is 6.63. The molecule has 6 rings (SSSR count). The Morgan fingerprint density at radius 1 is 1.12 bits per heavy atom. The summed E-state index contributed by atoms with van der Waals surface area (Å²) in [6.45, 7) is 8.11. The van der Waals surface area contributed by atoms with Crippen LogP contribution in [0.2, 0.25) is 0 Å². The first-order valence-electron chi connectivity index (χ1n) is 14.3. The van der Waals surface area contributed by atoms with E-state index in [4.69, 9.17) is 9.47 Å². The van der Waals surface area contributed by atoms with Crippen LogP contribution in [0.25, 0.3) is 32.9 Å². The lowest BCUT2D eigenvalue weighted by Crippen LogP contribution is -2.46. The Bertz CT molecular complexity index is 1820. The van der Waals surface area contributed by atoms with Crippen molar-refractivity contribution < 1.29 is 18.7 Å². The number of halogens is 1. The number of nitrogens with zero attached hydrogens (tertiary/aromatic N) is 6. The molecule has 10 nitrogen and oxygen atoms in total. The number of carbonyl (C=O) groups is 1. The predicted molar refractivity (Wildman–Crippen MR) is 163 cm³/mol. The standard InChI is InChI=1S/C32H34FN7O3/c1-19(26-9-7-13-40(26)31(41)43-32(2,3)4)42-27-15-20(21-16-37-39(5)17-21)14-25-28(27)30(36-18-35-25)38-24-11-10-23-22(29(24)33)8-6-12-34-23/h6,8,10-12,14-19,26H,7,9,13H2,1-5H3,(H,35,36,38)/t19-,26-/m0/s1. The summed E-state index contributed by atoms with van der Waals surface area (Å²) in [6, 6.07) is 10.4. The number of fused-ring (bicyclic) bond motifs is 2. The third kappa shape index (κ3) is 5.79. The number of likely N-dealkylation sites (tertiary alicyclic amines) is 1. The molecule has 11 heteroatoms. The Balaban J connectivity index is 1.41. The zero-order valence-electron chi connectivity index (χ0n) is 24.8. The van der Waals surface area contributed by atoms with E-state index in [1.54, 1.807) is 46.2 Å². The van der Waals surface area contributed by atoms with E-state index in [9.17, 15) is 4.79 Å². The summed E-state index contributed by atoms with van der Waals surface area (Å²) in [4.78, 5) is 28.1. The summed E-state index contributed by atoms with van der Waals surface area (Å²) in [7, 11) is 1.85. The summed E-state index contributed by atoms with van der Waals surface area (Å²) >= 11 is 0. The molecule has 0 saturated carbocycles. The SMILES string of the molecule is C[C@H](Oc1cc(-c2cnn(C)c2)cc2ncnc(Nc3ccc4ncccc4c3F)c12)[C@@H]1CCCN1C(=O)OC(C)(C)C. The highest BCUT2D eigenvalue weighted by Gasteiger charge is 2.36. The van der Waals surface area contributed by atoms with Gasteiger partial charge in [0.2, 0.25) is 0 Å². The van der Waals surface area contributed by atoms with Crippen LogP contribution in [0.1, 0.15) is 40.5 Å². The molecule has 1 N–H and O–H groups in total. The van der Waals surface area contributed by atoms with E-state index in [0.29, 0.717) is 39.9 Å². The summed E-state index contributed by atoms with van der Waals surface area (Å²) in [5.41, 5.74) is 2.56. The second-order valence-corrected chi connectivity index (χ2v) is 11.8. The topological polar surface area (TPSA) is 107 Å². The number of anilines is 2. The molecule has 3 aromatic heterocycles. The number of nitrogens with one attached hydrogen (secondary N) is 1. The minimum Gasteiger partial charge on any atom is -0.488 e. The number of benzene rings is 2. The number of hydrogen-bond donors (Lipinski definition) is 1. The molecule has 222 valence electrons. The molecule has 1 aliphatic heterocycles. The average molecular weight is 584 g/mol. The van der Waals surface area contributed by atoms with Crippen LogP contribution in [0.3, 0.4) is 0 Å². The lowest BCUT2D eigenvalue weighted by molar-refractivity contribution is 0.0113. The monoisotopic (exact) mass is 583 g/mol. The smallest absolute Gasteiger partial charge is 0.410 e. The first kappa shape index (κ1) is 28.3. The number of aromatic nitrogens is 5. The molecule has 1 amide bonds. The minimum atomic E-state index is -0.603. The molecule has 1 saturated heterocycles. The third-order valence-electron chi connectivity index (χ3n) is 7.49. The zero-order chi connectivity index (χ0) is 30.3. The Morgan fingerprint density at radius 3 is 2.72 bits per heavy atom. The number of pyridine rings is 1. The summed E-state index contributed by atoms with van der Waals surface area (Å²) in [5, 5.41) is 8.48. The van der Waals surface area contributed by atoms with Crippen LogP contribution in [-0.2, 0) is 11.8 Å². The van der Waals surface area contributed by atoms with Gasteiger partial charge in [-0.05, 0) is 82.5 Å². The Labute approximate surface area is 248 Å². The van der Waals surface area contributed by atoms with Crippen LogP contribution in [0, 0.1) is 5.82 Å². The van der Waals surface area contributed by atoms with Gasteiger partial charge in [-0.25, -0.2) is 19.2 Å². The number of ether oxygens (including phenoxy) is 2. The number of carbonyl (C=O) groups excluding carboxylic acids is 1. The summed E-state index contributed by atoms with van der Waals surface area (Å²) in [5.74, 6) is 0.465. The van der Waals surface area contributed by atoms with Gasteiger partial charge in [0, 0.05) is 36.9 Å². The van der Waals surface area contributed by atoms with Crippen molar-refractivity contribution in [3.63, 3.8) is 0 Å². The molecule has 43 heavy (non-hydrogen) atoms. The van der Waals surface area contributed by atoms with Crippen molar-refractivity contribution in [3.8, 4) is 16.9 Å². The van der Waals surface area contributed by atoms with Gasteiger partial charge in [0.25, 0.3) is 0 Å². The van der Waals surface area contributed by atoms with Crippen LogP contribution in [0.4, 0.5) is 20.7 Å². The van der Waals surface area contributed by atoms with Crippen molar-refractivity contribution in [3.05, 3.63) is 67.1 Å². The van der Waals surface area contributed by atoms with E-state index in [2.05, 4.69) is 25.4 Å². The molecule has 2 atom stereocenters. The van der Waals surface area contributed by atoms with Crippen LogP contribution in [-0.4, -0.2) is 60.0 Å². The highest BCUT2D eigenvalue weighted by molar-refractivity contribution is 5.99. The van der Waals surface area contributed by atoms with Gasteiger partial charge >= 0.3 is 6.09 Å². The molecule has 0 spiro atoms.